The van der Waals surface area contributed by atoms with Gasteiger partial charge in [-0.1, -0.05) is 35.9 Å². The van der Waals surface area contributed by atoms with E-state index in [1.807, 2.05) is 49.4 Å². The van der Waals surface area contributed by atoms with Crippen molar-refractivity contribution in [2.45, 2.75) is 20.0 Å². The molecular weight excluding hydrogens is 358 g/mol. The Labute approximate surface area is 154 Å². The lowest BCUT2D eigenvalue weighted by molar-refractivity contribution is -0.136. The van der Waals surface area contributed by atoms with Gasteiger partial charge in [0.1, 0.15) is 17.4 Å². The Balaban J connectivity index is 1.64. The summed E-state index contributed by atoms with van der Waals surface area (Å²) in [7, 11) is 0. The van der Waals surface area contributed by atoms with Crippen LogP contribution < -0.4 is 4.74 Å². The maximum atomic E-state index is 10.7. The average molecular weight is 374 g/mol. The normalized spacial score (nSPS) is 10.6. The topological polar surface area (TPSA) is 59.4 Å². The van der Waals surface area contributed by atoms with Gasteiger partial charge < -0.3 is 9.84 Å². The summed E-state index contributed by atoms with van der Waals surface area (Å²) >= 11 is 7.46. The van der Waals surface area contributed by atoms with Gasteiger partial charge in [0.25, 0.3) is 0 Å². The number of nitrogens with zero attached hydrogens (tertiary/aromatic N) is 1. The molecular formula is C19H16ClNO3S. The highest BCUT2D eigenvalue weighted by molar-refractivity contribution is 7.13. The number of aryl methyl sites for hydroxylation is 1. The maximum Gasteiger partial charge on any atom is 0.309 e. The van der Waals surface area contributed by atoms with Crippen LogP contribution in [0, 0.1) is 6.92 Å². The summed E-state index contributed by atoms with van der Waals surface area (Å²) in [5.41, 5.74) is 3.57. The first-order valence-corrected chi connectivity index (χ1v) is 8.91. The van der Waals surface area contributed by atoms with Crippen molar-refractivity contribution in [1.29, 1.82) is 0 Å². The van der Waals surface area contributed by atoms with Crippen LogP contribution >= 0.6 is 22.9 Å². The van der Waals surface area contributed by atoms with Gasteiger partial charge in [0.2, 0.25) is 0 Å². The molecule has 0 saturated heterocycles. The molecule has 0 aliphatic heterocycles. The fraction of sp³-hybridized carbons (Fsp3) is 0.158. The molecule has 25 heavy (non-hydrogen) atoms. The number of hydrogen-bond donors (Lipinski definition) is 1. The molecule has 1 aromatic heterocycles. The molecule has 3 rings (SSSR count). The van der Waals surface area contributed by atoms with E-state index in [1.54, 1.807) is 5.38 Å². The molecule has 4 nitrogen and oxygen atoms in total. The summed E-state index contributed by atoms with van der Waals surface area (Å²) < 4.78 is 5.78. The molecule has 2 aromatic carbocycles. The van der Waals surface area contributed by atoms with Gasteiger partial charge in [-0.2, -0.15) is 0 Å². The number of hydrogen-bond acceptors (Lipinski definition) is 4. The van der Waals surface area contributed by atoms with E-state index < -0.39 is 5.97 Å². The van der Waals surface area contributed by atoms with Gasteiger partial charge in [0, 0.05) is 16.0 Å². The molecule has 6 heteroatoms. The van der Waals surface area contributed by atoms with Gasteiger partial charge in [0.05, 0.1) is 12.1 Å². The second-order valence-corrected chi connectivity index (χ2v) is 6.88. The summed E-state index contributed by atoms with van der Waals surface area (Å²) in [5, 5.41) is 12.1. The molecule has 0 saturated carbocycles. The van der Waals surface area contributed by atoms with Crippen molar-refractivity contribution in [3.05, 3.63) is 69.7 Å². The number of benzene rings is 2. The van der Waals surface area contributed by atoms with E-state index in [0.717, 1.165) is 32.5 Å². The van der Waals surface area contributed by atoms with Gasteiger partial charge in [0.15, 0.2) is 0 Å². The minimum atomic E-state index is -0.873. The van der Waals surface area contributed by atoms with Crippen LogP contribution in [0.2, 0.25) is 5.02 Å². The molecule has 0 unspecified atom stereocenters. The molecule has 1 heterocycles. The third-order valence-corrected chi connectivity index (χ3v) is 4.98. The van der Waals surface area contributed by atoms with Crippen LogP contribution in [-0.2, 0) is 17.8 Å². The molecule has 1 N–H and O–H groups in total. The molecule has 0 radical (unpaired) electrons. The number of carbonyl (C=O) groups is 1. The minimum Gasteiger partial charge on any atom is -0.489 e. The van der Waals surface area contributed by atoms with E-state index >= 15 is 0 Å². The largest absolute Gasteiger partial charge is 0.489 e. The standard InChI is InChI=1S/C19H16ClNO3S/c1-12-8-16(6-7-17(12)20)24-10-13-2-4-14(5-3-13)19-21-15(11-25-19)9-18(22)23/h2-8,11H,9-10H2,1H3,(H,22,23). The van der Waals surface area contributed by atoms with Crippen molar-refractivity contribution in [1.82, 2.24) is 4.98 Å². The van der Waals surface area contributed by atoms with Crippen LogP contribution in [0.5, 0.6) is 5.75 Å². The van der Waals surface area contributed by atoms with Crippen molar-refractivity contribution in [3.8, 4) is 16.3 Å². The Kier molecular flexibility index (Phi) is 5.36. The van der Waals surface area contributed by atoms with Gasteiger partial charge in [-0.05, 0) is 36.2 Å². The van der Waals surface area contributed by atoms with E-state index in [2.05, 4.69) is 4.98 Å². The summed E-state index contributed by atoms with van der Waals surface area (Å²) in [6.07, 6.45) is -0.0526. The first-order chi connectivity index (χ1) is 12.0. The number of carboxylic acids is 1. The molecule has 0 fully saturated rings. The Bertz CT molecular complexity index is 890. The van der Waals surface area contributed by atoms with Gasteiger partial charge in [-0.3, -0.25) is 4.79 Å². The highest BCUT2D eigenvalue weighted by Crippen LogP contribution is 2.25. The lowest BCUT2D eigenvalue weighted by Gasteiger charge is -2.08. The van der Waals surface area contributed by atoms with Crippen LogP contribution in [0.3, 0.4) is 0 Å². The SMILES string of the molecule is Cc1cc(OCc2ccc(-c3nc(CC(=O)O)cs3)cc2)ccc1Cl. The van der Waals surface area contributed by atoms with Crippen molar-refractivity contribution in [3.63, 3.8) is 0 Å². The molecule has 0 aliphatic carbocycles. The molecule has 0 spiro atoms. The predicted molar refractivity (Wildman–Crippen MR) is 99.4 cm³/mol. The lowest BCUT2D eigenvalue weighted by atomic mass is 10.1. The van der Waals surface area contributed by atoms with Crippen molar-refractivity contribution in [2.75, 3.05) is 0 Å². The Hall–Kier alpha value is -2.37. The zero-order valence-electron chi connectivity index (χ0n) is 13.5. The predicted octanol–water partition coefficient (Wildman–Crippen LogP) is 4.98. The molecule has 128 valence electrons. The highest BCUT2D eigenvalue weighted by atomic mass is 35.5. The quantitative estimate of drug-likeness (QED) is 0.662. The number of aromatic nitrogens is 1. The number of thiazole rings is 1. The Morgan fingerprint density at radius 3 is 2.68 bits per heavy atom. The van der Waals surface area contributed by atoms with E-state index in [0.29, 0.717) is 12.3 Å². The summed E-state index contributed by atoms with van der Waals surface area (Å²) in [6.45, 7) is 2.40. The van der Waals surface area contributed by atoms with Gasteiger partial charge >= 0.3 is 5.97 Å². The van der Waals surface area contributed by atoms with Crippen molar-refractivity contribution in [2.24, 2.45) is 0 Å². The van der Waals surface area contributed by atoms with Crippen molar-refractivity contribution < 1.29 is 14.6 Å². The van der Waals surface area contributed by atoms with Gasteiger partial charge in [-0.15, -0.1) is 11.3 Å². The zero-order chi connectivity index (χ0) is 17.8. The Morgan fingerprint density at radius 2 is 2.00 bits per heavy atom. The van der Waals surface area contributed by atoms with Crippen LogP contribution in [0.1, 0.15) is 16.8 Å². The summed E-state index contributed by atoms with van der Waals surface area (Å²) in [4.78, 5) is 15.1. The summed E-state index contributed by atoms with van der Waals surface area (Å²) in [6, 6.07) is 13.5. The maximum absolute atomic E-state index is 10.7. The summed E-state index contributed by atoms with van der Waals surface area (Å²) in [5.74, 6) is -0.0917. The highest BCUT2D eigenvalue weighted by Gasteiger charge is 2.08. The minimum absolute atomic E-state index is 0.0526. The third kappa shape index (κ3) is 4.59. The van der Waals surface area contributed by atoms with Crippen LogP contribution in [-0.4, -0.2) is 16.1 Å². The fourth-order valence-corrected chi connectivity index (χ4v) is 3.24. The van der Waals surface area contributed by atoms with Crippen LogP contribution in [0.4, 0.5) is 0 Å². The first kappa shape index (κ1) is 17.5. The smallest absolute Gasteiger partial charge is 0.309 e. The number of aliphatic carboxylic acids is 1. The second kappa shape index (κ2) is 7.68. The van der Waals surface area contributed by atoms with E-state index in [4.69, 9.17) is 21.4 Å². The average Bonchev–Trinajstić information content (AvgIpc) is 3.04. The zero-order valence-corrected chi connectivity index (χ0v) is 15.1. The van der Waals surface area contributed by atoms with E-state index in [9.17, 15) is 4.79 Å². The number of halogens is 1. The number of ether oxygens (including phenoxy) is 1. The molecule has 3 aromatic rings. The molecule has 0 bridgehead atoms. The first-order valence-electron chi connectivity index (χ1n) is 7.66. The fourth-order valence-electron chi connectivity index (χ4n) is 2.29. The lowest BCUT2D eigenvalue weighted by Crippen LogP contribution is -1.99. The molecule has 0 amide bonds. The van der Waals surface area contributed by atoms with E-state index in [1.165, 1.54) is 11.3 Å². The van der Waals surface area contributed by atoms with Gasteiger partial charge in [-0.25, -0.2) is 4.98 Å². The number of carboxylic acid groups (broad SMARTS) is 1. The monoisotopic (exact) mass is 373 g/mol. The Morgan fingerprint density at radius 1 is 1.24 bits per heavy atom. The molecule has 0 aliphatic rings. The molecule has 0 atom stereocenters. The van der Waals surface area contributed by atoms with Crippen LogP contribution in [0.15, 0.2) is 47.8 Å². The van der Waals surface area contributed by atoms with E-state index in [-0.39, 0.29) is 6.42 Å². The second-order valence-electron chi connectivity index (χ2n) is 5.61. The third-order valence-electron chi connectivity index (χ3n) is 3.62. The number of rotatable bonds is 6. The van der Waals surface area contributed by atoms with Crippen LogP contribution in [0.25, 0.3) is 10.6 Å². The van der Waals surface area contributed by atoms with Crippen molar-refractivity contribution >= 4 is 28.9 Å².